The Morgan fingerprint density at radius 2 is 1.95 bits per heavy atom. The highest BCUT2D eigenvalue weighted by molar-refractivity contribution is 5.24. The van der Waals surface area contributed by atoms with Gasteiger partial charge in [-0.2, -0.15) is 13.2 Å². The van der Waals surface area contributed by atoms with E-state index in [1.807, 2.05) is 7.05 Å². The second-order valence-electron chi connectivity index (χ2n) is 5.03. The SMILES string of the molecule is CN(Cc1ccc(C(F)(F)F)cc1)CC1CCCO1. The van der Waals surface area contributed by atoms with E-state index < -0.39 is 11.7 Å². The summed E-state index contributed by atoms with van der Waals surface area (Å²) in [6.45, 7) is 2.28. The Labute approximate surface area is 111 Å². The first-order valence-corrected chi connectivity index (χ1v) is 6.41. The van der Waals surface area contributed by atoms with Crippen LogP contribution >= 0.6 is 0 Å². The summed E-state index contributed by atoms with van der Waals surface area (Å²) in [5.41, 5.74) is 0.284. The first-order chi connectivity index (χ1) is 8.95. The topological polar surface area (TPSA) is 12.5 Å². The summed E-state index contributed by atoms with van der Waals surface area (Å²) in [7, 11) is 1.96. The second kappa shape index (κ2) is 5.92. The zero-order chi connectivity index (χ0) is 13.9. The highest BCUT2D eigenvalue weighted by atomic mass is 19.4. The molecule has 1 saturated heterocycles. The summed E-state index contributed by atoms with van der Waals surface area (Å²) in [5, 5.41) is 0. The molecular weight excluding hydrogens is 255 g/mol. The first-order valence-electron chi connectivity index (χ1n) is 6.41. The molecule has 0 radical (unpaired) electrons. The van der Waals surface area contributed by atoms with Crippen molar-refractivity contribution in [2.45, 2.75) is 31.7 Å². The van der Waals surface area contributed by atoms with Crippen LogP contribution in [0.1, 0.15) is 24.0 Å². The minimum atomic E-state index is -4.26. The number of likely N-dealkylation sites (N-methyl/N-ethyl adjacent to an activating group) is 1. The average molecular weight is 273 g/mol. The fraction of sp³-hybridized carbons (Fsp3) is 0.571. The number of hydrogen-bond acceptors (Lipinski definition) is 2. The van der Waals surface area contributed by atoms with E-state index in [0.29, 0.717) is 6.54 Å². The Morgan fingerprint density at radius 1 is 1.26 bits per heavy atom. The minimum Gasteiger partial charge on any atom is -0.377 e. The van der Waals surface area contributed by atoms with E-state index in [4.69, 9.17) is 4.74 Å². The van der Waals surface area contributed by atoms with Crippen LogP contribution in [0.3, 0.4) is 0 Å². The predicted octanol–water partition coefficient (Wildman–Crippen LogP) is 3.32. The Kier molecular flexibility index (Phi) is 4.47. The van der Waals surface area contributed by atoms with Crippen LogP contribution in [0.2, 0.25) is 0 Å². The molecule has 1 aliphatic rings. The maximum absolute atomic E-state index is 12.4. The normalized spacial score (nSPS) is 20.2. The molecule has 0 bridgehead atoms. The summed E-state index contributed by atoms with van der Waals surface area (Å²) >= 11 is 0. The van der Waals surface area contributed by atoms with Crippen LogP contribution in [-0.4, -0.2) is 31.2 Å². The molecule has 1 atom stereocenters. The summed E-state index contributed by atoms with van der Waals surface area (Å²) in [6.07, 6.45) is -1.84. The van der Waals surface area contributed by atoms with E-state index in [2.05, 4.69) is 4.90 Å². The zero-order valence-electron chi connectivity index (χ0n) is 10.9. The maximum Gasteiger partial charge on any atom is 0.416 e. The summed E-state index contributed by atoms with van der Waals surface area (Å²) in [4.78, 5) is 2.08. The monoisotopic (exact) mass is 273 g/mol. The van der Waals surface area contributed by atoms with Gasteiger partial charge in [0.1, 0.15) is 0 Å². The van der Waals surface area contributed by atoms with E-state index in [9.17, 15) is 13.2 Å². The van der Waals surface area contributed by atoms with Crippen LogP contribution in [0.4, 0.5) is 13.2 Å². The standard InChI is InChI=1S/C14H18F3NO/c1-18(10-13-3-2-8-19-13)9-11-4-6-12(7-5-11)14(15,16)17/h4-7,13H,2-3,8-10H2,1H3. The van der Waals surface area contributed by atoms with Crippen LogP contribution in [0.25, 0.3) is 0 Å². The molecule has 1 unspecified atom stereocenters. The van der Waals surface area contributed by atoms with E-state index in [-0.39, 0.29) is 6.10 Å². The number of rotatable bonds is 4. The molecule has 0 amide bonds. The molecule has 106 valence electrons. The van der Waals surface area contributed by atoms with Crippen molar-refractivity contribution in [2.24, 2.45) is 0 Å². The smallest absolute Gasteiger partial charge is 0.377 e. The van der Waals surface area contributed by atoms with Crippen molar-refractivity contribution >= 4 is 0 Å². The van der Waals surface area contributed by atoms with Gasteiger partial charge in [0.15, 0.2) is 0 Å². The molecular formula is C14H18F3NO. The van der Waals surface area contributed by atoms with Crippen LogP contribution in [-0.2, 0) is 17.5 Å². The molecule has 0 aromatic heterocycles. The molecule has 5 heteroatoms. The van der Waals surface area contributed by atoms with E-state index in [1.54, 1.807) is 0 Å². The maximum atomic E-state index is 12.4. The lowest BCUT2D eigenvalue weighted by Gasteiger charge is -2.20. The molecule has 2 rings (SSSR count). The van der Waals surface area contributed by atoms with Gasteiger partial charge in [-0.05, 0) is 37.6 Å². The molecule has 1 heterocycles. The number of hydrogen-bond donors (Lipinski definition) is 0. The van der Waals surface area contributed by atoms with Gasteiger partial charge in [-0.15, -0.1) is 0 Å². The highest BCUT2D eigenvalue weighted by Gasteiger charge is 2.29. The van der Waals surface area contributed by atoms with Gasteiger partial charge >= 0.3 is 6.18 Å². The first kappa shape index (κ1) is 14.3. The summed E-state index contributed by atoms with van der Waals surface area (Å²) in [5.74, 6) is 0. The van der Waals surface area contributed by atoms with Crippen LogP contribution in [0.5, 0.6) is 0 Å². The number of halogens is 3. The molecule has 19 heavy (non-hydrogen) atoms. The zero-order valence-corrected chi connectivity index (χ0v) is 10.9. The number of nitrogens with zero attached hydrogens (tertiary/aromatic N) is 1. The van der Waals surface area contributed by atoms with Crippen molar-refractivity contribution in [3.8, 4) is 0 Å². The van der Waals surface area contributed by atoms with E-state index in [1.165, 1.54) is 12.1 Å². The molecule has 1 aromatic rings. The summed E-state index contributed by atoms with van der Waals surface area (Å²) in [6, 6.07) is 5.34. The molecule has 1 aliphatic heterocycles. The Morgan fingerprint density at radius 3 is 2.47 bits per heavy atom. The van der Waals surface area contributed by atoms with Gasteiger partial charge in [-0.3, -0.25) is 4.90 Å². The van der Waals surface area contributed by atoms with Crippen molar-refractivity contribution in [1.29, 1.82) is 0 Å². The second-order valence-corrected chi connectivity index (χ2v) is 5.03. The van der Waals surface area contributed by atoms with Gasteiger partial charge in [-0.25, -0.2) is 0 Å². The van der Waals surface area contributed by atoms with Gasteiger partial charge in [0, 0.05) is 19.7 Å². The highest BCUT2D eigenvalue weighted by Crippen LogP contribution is 2.29. The van der Waals surface area contributed by atoms with Crippen molar-refractivity contribution in [3.63, 3.8) is 0 Å². The Bertz CT molecular complexity index is 396. The van der Waals surface area contributed by atoms with Gasteiger partial charge in [-0.1, -0.05) is 12.1 Å². The predicted molar refractivity (Wildman–Crippen MR) is 66.8 cm³/mol. The number of ether oxygens (including phenoxy) is 1. The van der Waals surface area contributed by atoms with Gasteiger partial charge in [0.05, 0.1) is 11.7 Å². The van der Waals surface area contributed by atoms with Crippen molar-refractivity contribution < 1.29 is 17.9 Å². The third-order valence-corrected chi connectivity index (χ3v) is 3.27. The van der Waals surface area contributed by atoms with Crippen LogP contribution < -0.4 is 0 Å². The van der Waals surface area contributed by atoms with Gasteiger partial charge < -0.3 is 4.74 Å². The van der Waals surface area contributed by atoms with E-state index >= 15 is 0 Å². The fourth-order valence-electron chi connectivity index (χ4n) is 2.31. The van der Waals surface area contributed by atoms with Crippen LogP contribution in [0, 0.1) is 0 Å². The van der Waals surface area contributed by atoms with Crippen LogP contribution in [0.15, 0.2) is 24.3 Å². The lowest BCUT2D eigenvalue weighted by Crippen LogP contribution is -2.28. The lowest BCUT2D eigenvalue weighted by atomic mass is 10.1. The minimum absolute atomic E-state index is 0.263. The van der Waals surface area contributed by atoms with Crippen molar-refractivity contribution in [2.75, 3.05) is 20.2 Å². The van der Waals surface area contributed by atoms with E-state index in [0.717, 1.165) is 43.7 Å². The van der Waals surface area contributed by atoms with Crippen molar-refractivity contribution in [3.05, 3.63) is 35.4 Å². The van der Waals surface area contributed by atoms with Gasteiger partial charge in [0.25, 0.3) is 0 Å². The molecule has 1 fully saturated rings. The molecule has 1 aromatic carbocycles. The number of alkyl halides is 3. The quantitative estimate of drug-likeness (QED) is 0.834. The van der Waals surface area contributed by atoms with Gasteiger partial charge in [0.2, 0.25) is 0 Å². The Hall–Kier alpha value is -1.07. The Balaban J connectivity index is 1.88. The molecule has 2 nitrogen and oxygen atoms in total. The molecule has 0 spiro atoms. The third kappa shape index (κ3) is 4.21. The molecule has 0 aliphatic carbocycles. The fourth-order valence-corrected chi connectivity index (χ4v) is 2.31. The molecule has 0 saturated carbocycles. The van der Waals surface area contributed by atoms with Crippen molar-refractivity contribution in [1.82, 2.24) is 4.90 Å². The average Bonchev–Trinajstić information content (AvgIpc) is 2.81. The lowest BCUT2D eigenvalue weighted by molar-refractivity contribution is -0.137. The summed E-state index contributed by atoms with van der Waals surface area (Å²) < 4.78 is 42.8. The third-order valence-electron chi connectivity index (χ3n) is 3.27. The largest absolute Gasteiger partial charge is 0.416 e. The molecule has 0 N–H and O–H groups in total. The number of benzene rings is 1.